The van der Waals surface area contributed by atoms with E-state index < -0.39 is 160 Å². The third kappa shape index (κ3) is 20.0. The standard InChI is InChI=1S/C14H19FN4O2S.C14H19FN4OS.2C13H18FN5O.C11H16FN5O3.C11H13FN4O4.C11H13FN4O3/c1-5-9-7(2)11(15)14(20,21-9)10-6-16-12-13(22-4)17-8(3)18-19(10)12;1-5-10-7(2)11(15)12(20-10)9-6-16-13-14(21-4)17-8(3)18-19(9)13;2*1-4-9-6(2)10(14)11(20-9)8-5-16-13-12(15)17-7(3)18-19(8)13;1-4-15-10(13)11-14-2-5(17(11)16-4)9-7(12)8(19)6(3-18)20-9;1-4-14-11(19)10-13-2-5(16(10)15-4)9-7(12)8(18)6(3-17)20-9;1-5-11-13-2-6(16(11)15-4-14-5)10-8(12)9(18)7(3-17)19-10/h6-7,9,11,20H,5H2,1-4H3;6-7,10-12H,5H2,1-4H3;2*5-6,9-11H,4H2,1-3H3,(H2,15,17,18);2,6-10,18-19H,3,13H2,1H3,(H,15,16);2,6-9,17-18H,3H2,1H3,(H,14,15,19);2,4,7-10,17-18H,3H2,1H3/t7-,9-,11-,14+;7-,10-,11-,12+;2*6-,9-,10-,11+;6-,7-,8-,9+,10?;6-,7-,8-,9+;7-,8-,9-,10+/m1111111/s1. The van der Waals surface area contributed by atoms with Gasteiger partial charge in [0.25, 0.3) is 5.56 Å². The number of amidine groups is 1. The summed E-state index contributed by atoms with van der Waals surface area (Å²) >= 11 is 2.93. The number of ether oxygens (including phenoxy) is 7. The molecule has 0 spiro atoms. The number of aromatic nitrogens is 26. The highest BCUT2D eigenvalue weighted by Crippen LogP contribution is 2.48. The topological polar surface area (TPSA) is 605 Å². The van der Waals surface area contributed by atoms with Gasteiger partial charge >= 0.3 is 0 Å². The van der Waals surface area contributed by atoms with Crippen LogP contribution in [0.4, 0.5) is 42.4 Å². The van der Waals surface area contributed by atoms with Crippen molar-refractivity contribution in [3.8, 4) is 0 Å². The predicted molar refractivity (Wildman–Crippen MR) is 496 cm³/mol. The van der Waals surface area contributed by atoms with E-state index in [1.807, 2.05) is 67.9 Å². The van der Waals surface area contributed by atoms with Gasteiger partial charge in [-0.3, -0.25) is 10.2 Å². The fourth-order valence-electron chi connectivity index (χ4n) is 18.5. The molecule has 21 rings (SSSR count). The highest BCUT2D eigenvalue weighted by atomic mass is 32.2. The summed E-state index contributed by atoms with van der Waals surface area (Å²) in [6.45, 7) is 26.0. The third-order valence-corrected chi connectivity index (χ3v) is 27.4. The summed E-state index contributed by atoms with van der Waals surface area (Å²) < 4.78 is 150. The number of aliphatic hydroxyl groups excluding tert-OH is 6. The zero-order valence-corrected chi connectivity index (χ0v) is 82.1. The molecule has 0 aliphatic carbocycles. The first-order valence-corrected chi connectivity index (χ1v) is 48.6. The first kappa shape index (κ1) is 105. The second-order valence-electron chi connectivity index (χ2n) is 35.5. The lowest BCUT2D eigenvalue weighted by atomic mass is 9.95. The highest BCUT2D eigenvalue weighted by molar-refractivity contribution is 7.99. The van der Waals surface area contributed by atoms with E-state index in [1.165, 1.54) is 72.9 Å². The average molecular weight is 2030 g/mol. The Bertz CT molecular complexity index is 6590. The van der Waals surface area contributed by atoms with Crippen LogP contribution < -0.4 is 28.2 Å². The number of hydrogen-bond donors (Lipinski definition) is 12. The van der Waals surface area contributed by atoms with Gasteiger partial charge in [0, 0.05) is 23.7 Å². The number of imidazole rings is 7. The summed E-state index contributed by atoms with van der Waals surface area (Å²) in [6, 6.07) is 0. The van der Waals surface area contributed by atoms with Gasteiger partial charge < -0.3 is 91.1 Å². The van der Waals surface area contributed by atoms with Gasteiger partial charge in [-0.2, -0.15) is 30.6 Å². The van der Waals surface area contributed by atoms with E-state index in [-0.39, 0.29) is 70.8 Å². The van der Waals surface area contributed by atoms with Crippen molar-refractivity contribution in [1.82, 2.24) is 127 Å². The van der Waals surface area contributed by atoms with Crippen LogP contribution in [0.1, 0.15) is 211 Å². The summed E-state index contributed by atoms with van der Waals surface area (Å²) in [5.41, 5.74) is 26.2. The number of anilines is 2. The fourth-order valence-corrected chi connectivity index (χ4v) is 19.5. The van der Waals surface area contributed by atoms with Crippen LogP contribution in [0.15, 0.2) is 69.5 Å². The number of alkyl halides is 7. The molecule has 0 radical (unpaired) electrons. The average Bonchev–Trinajstić information content (AvgIpc) is 1.57. The van der Waals surface area contributed by atoms with Gasteiger partial charge in [-0.1, -0.05) is 55.4 Å². The molecule has 0 aromatic carbocycles. The molecule has 8 aliphatic rings. The van der Waals surface area contributed by atoms with Gasteiger partial charge in [0.1, 0.15) is 149 Å². The number of nitrogens with two attached hydrogens (primary N) is 3. The molecule has 13 aromatic heterocycles. The van der Waals surface area contributed by atoms with Crippen LogP contribution in [0, 0.1) is 65.2 Å². The normalized spacial score (nSPS) is 31.4. The molecule has 0 amide bonds. The molecule has 142 heavy (non-hydrogen) atoms. The maximum atomic E-state index is 14.7. The Morgan fingerprint density at radius 1 is 0.430 bits per heavy atom. The van der Waals surface area contributed by atoms with Crippen molar-refractivity contribution in [1.29, 1.82) is 0 Å². The molecule has 8 aliphatic heterocycles. The van der Waals surface area contributed by atoms with Crippen LogP contribution in [0.5, 0.6) is 0 Å². The zero-order chi connectivity index (χ0) is 103. The van der Waals surface area contributed by atoms with Crippen molar-refractivity contribution in [3.05, 3.63) is 141 Å². The Hall–Kier alpha value is -11.0. The lowest BCUT2D eigenvalue weighted by Crippen LogP contribution is -2.37. The van der Waals surface area contributed by atoms with Gasteiger partial charge in [-0.25, -0.2) is 127 Å². The summed E-state index contributed by atoms with van der Waals surface area (Å²) in [4.78, 5) is 68.1. The Morgan fingerprint density at radius 2 is 0.782 bits per heavy atom. The molecule has 21 heterocycles. The minimum Gasteiger partial charge on any atom is -0.394 e. The van der Waals surface area contributed by atoms with Crippen LogP contribution in [0.3, 0.4) is 0 Å². The molecule has 770 valence electrons. The number of nitrogens with one attached hydrogen (secondary N) is 2. The Kier molecular flexibility index (Phi) is 32.3. The molecule has 0 bridgehead atoms. The van der Waals surface area contributed by atoms with Crippen LogP contribution in [-0.2, 0) is 38.9 Å². The summed E-state index contributed by atoms with van der Waals surface area (Å²) in [6.07, 6.45) is -4.53. The van der Waals surface area contributed by atoms with Crippen LogP contribution >= 0.6 is 23.5 Å². The molecule has 29 atom stereocenters. The van der Waals surface area contributed by atoms with Crippen molar-refractivity contribution in [2.45, 2.75) is 292 Å². The highest BCUT2D eigenvalue weighted by Gasteiger charge is 2.57. The maximum absolute atomic E-state index is 14.7. The van der Waals surface area contributed by atoms with Crippen LogP contribution in [0.25, 0.3) is 33.9 Å². The fraction of sp³-hybridized carbons (Fsp3) is 0.609. The number of nitrogen functional groups attached to an aromatic ring is 2. The predicted octanol–water partition coefficient (Wildman–Crippen LogP) is 6.11. The van der Waals surface area contributed by atoms with E-state index >= 15 is 0 Å². The molecule has 7 saturated heterocycles. The number of fused-ring (bicyclic) bond motifs is 7. The monoisotopic (exact) mass is 2030 g/mol. The van der Waals surface area contributed by atoms with E-state index in [2.05, 4.69) is 106 Å². The number of nitrogens with zero attached hydrogens (tertiary/aromatic N) is 26. The SMILES string of the molecule is CC1=NC(N)c2ncc([C@@H]3O[C@H](CO)[C@@H](O)[C@H]3F)n2N1.CC[C@H]1O[C@@H](c2cnc3c(N)nc(C)nn23)[C@H](F)[C@@H]1C.CC[C@H]1O[C@@H](c2cnc3c(N)nc(C)nn23)[C@H](F)[C@@H]1C.CC[C@H]1O[C@@H](c2cnc3c(SC)nc(C)nn23)[C@H](F)[C@@H]1C.CC[C@H]1O[C@@](O)(c2cnc3c(SC)nc(C)nn23)[C@H](F)[C@@H]1C.Cc1ncnn2c([C@@H]3O[C@H](CO)[C@@H](O)[C@H]3F)cnc12.Cc1nn2c([C@@H]3O[C@H](CO)[C@@H](O)[C@H]3F)cnc2c(=O)[nH]1. The van der Waals surface area contributed by atoms with Gasteiger partial charge in [-0.15, -0.1) is 23.5 Å². The molecule has 55 heteroatoms. The number of aliphatic hydroxyl groups is 7. The van der Waals surface area contributed by atoms with Crippen molar-refractivity contribution >= 4 is 74.9 Å². The quantitative estimate of drug-likeness (QED) is 0.0383. The van der Waals surface area contributed by atoms with Gasteiger partial charge in [0.05, 0.1) is 127 Å². The van der Waals surface area contributed by atoms with E-state index in [1.54, 1.807) is 80.6 Å². The number of thioether (sulfide) groups is 2. The molecule has 46 nitrogen and oxygen atoms in total. The summed E-state index contributed by atoms with van der Waals surface area (Å²) in [5, 5.41) is 93.6. The van der Waals surface area contributed by atoms with Crippen LogP contribution in [0.2, 0.25) is 0 Å². The van der Waals surface area contributed by atoms with E-state index in [4.69, 9.17) is 65.7 Å². The van der Waals surface area contributed by atoms with E-state index in [0.29, 0.717) is 115 Å². The van der Waals surface area contributed by atoms with Gasteiger partial charge in [0.15, 0.2) is 76.5 Å². The first-order valence-electron chi connectivity index (χ1n) is 46.1. The molecule has 0 saturated carbocycles. The third-order valence-electron chi connectivity index (χ3n) is 26.1. The lowest BCUT2D eigenvalue weighted by molar-refractivity contribution is -0.227. The minimum absolute atomic E-state index is 0.0170. The summed E-state index contributed by atoms with van der Waals surface area (Å²) in [5.74, 6) is 1.28. The smallest absolute Gasteiger partial charge is 0.294 e. The zero-order valence-electron chi connectivity index (χ0n) is 80.5. The second kappa shape index (κ2) is 43.5. The molecule has 1 unspecified atom stereocenters. The second-order valence-corrected chi connectivity index (χ2v) is 37.1. The van der Waals surface area contributed by atoms with Crippen molar-refractivity contribution in [2.75, 3.05) is 49.2 Å². The van der Waals surface area contributed by atoms with E-state index in [9.17, 15) is 56.0 Å². The number of aromatic amines is 1. The number of aliphatic imine (C=N–C) groups is 1. The van der Waals surface area contributed by atoms with E-state index in [0.717, 1.165) is 24.3 Å². The number of rotatable bonds is 16. The van der Waals surface area contributed by atoms with Crippen molar-refractivity contribution in [3.63, 3.8) is 0 Å². The number of H-pyrrole nitrogens is 1. The summed E-state index contributed by atoms with van der Waals surface area (Å²) in [7, 11) is 0. The molecule has 13 aromatic rings. The van der Waals surface area contributed by atoms with Crippen molar-refractivity contribution in [2.24, 2.45) is 34.4 Å². The maximum Gasteiger partial charge on any atom is 0.294 e. The minimum atomic E-state index is -2.03. The Morgan fingerprint density at radius 3 is 1.19 bits per heavy atom. The van der Waals surface area contributed by atoms with Crippen LogP contribution in [-0.4, -0.2) is 305 Å². The Labute approximate surface area is 814 Å². The molecule has 15 N–H and O–H groups in total. The number of hydrogen-bond acceptors (Lipinski definition) is 40. The largest absolute Gasteiger partial charge is 0.394 e. The lowest BCUT2D eigenvalue weighted by Gasteiger charge is -2.24. The number of aryl methyl sites for hydroxylation is 6. The molecular weight excluding hydrogens is 1920 g/mol. The Balaban J connectivity index is 0.000000125. The van der Waals surface area contributed by atoms with Gasteiger partial charge in [0.2, 0.25) is 11.4 Å². The number of halogens is 7. The van der Waals surface area contributed by atoms with Crippen molar-refractivity contribution < 1.29 is 99.6 Å². The van der Waals surface area contributed by atoms with Gasteiger partial charge in [-0.05, 0) is 86.7 Å². The molecular formula is C87H116F7N31O15S2. The first-order chi connectivity index (χ1) is 67.7. The molecule has 7 fully saturated rings.